The van der Waals surface area contributed by atoms with Crippen molar-refractivity contribution in [2.45, 2.75) is 18.8 Å². The highest BCUT2D eigenvalue weighted by molar-refractivity contribution is 7.98. The van der Waals surface area contributed by atoms with Crippen LogP contribution in [-0.4, -0.2) is 24.3 Å². The first-order valence-electron chi connectivity index (χ1n) is 7.47. The number of hydrogen-bond donors (Lipinski definition) is 1. The fraction of sp³-hybridized carbons (Fsp3) is 0.278. The molecule has 5 heteroatoms. The van der Waals surface area contributed by atoms with Crippen LogP contribution in [-0.2, 0) is 10.5 Å². The molecule has 0 saturated heterocycles. The Balaban J connectivity index is 1.65. The second-order valence-corrected chi connectivity index (χ2v) is 6.53. The zero-order valence-corrected chi connectivity index (χ0v) is 14.6. The molecule has 2 aromatic rings. The maximum absolute atomic E-state index is 12.0. The maximum atomic E-state index is 12.0. The number of amides is 1. The third kappa shape index (κ3) is 6.16. The van der Waals surface area contributed by atoms with Crippen LogP contribution in [0.25, 0.3) is 0 Å². The summed E-state index contributed by atoms with van der Waals surface area (Å²) >= 11 is 7.81. The average Bonchev–Trinajstić information content (AvgIpc) is 2.57. The Kier molecular flexibility index (Phi) is 7.30. The number of thioether (sulfide) groups is 1. The Morgan fingerprint density at radius 3 is 2.61 bits per heavy atom. The molecule has 2 rings (SSSR count). The van der Waals surface area contributed by atoms with Gasteiger partial charge in [0.05, 0.1) is 5.02 Å². The van der Waals surface area contributed by atoms with Crippen LogP contribution >= 0.6 is 23.4 Å². The minimum Gasteiger partial charge on any atom is -0.479 e. The summed E-state index contributed by atoms with van der Waals surface area (Å²) in [4.78, 5) is 12.0. The fourth-order valence-corrected chi connectivity index (χ4v) is 2.94. The van der Waals surface area contributed by atoms with E-state index in [0.717, 1.165) is 11.5 Å². The predicted molar refractivity (Wildman–Crippen MR) is 97.2 cm³/mol. The molecule has 1 N–H and O–H groups in total. The highest BCUT2D eigenvalue weighted by atomic mass is 35.5. The smallest absolute Gasteiger partial charge is 0.260 e. The minimum atomic E-state index is -0.575. The Labute approximate surface area is 146 Å². The molecule has 3 nitrogen and oxygen atoms in total. The molecule has 122 valence electrons. The quantitative estimate of drug-likeness (QED) is 0.727. The number of carbonyl (C=O) groups is 1. The second kappa shape index (κ2) is 9.48. The van der Waals surface area contributed by atoms with E-state index in [4.69, 9.17) is 16.3 Å². The van der Waals surface area contributed by atoms with Gasteiger partial charge < -0.3 is 10.1 Å². The van der Waals surface area contributed by atoms with Crippen molar-refractivity contribution in [3.8, 4) is 5.75 Å². The lowest BCUT2D eigenvalue weighted by Gasteiger charge is -2.15. The summed E-state index contributed by atoms with van der Waals surface area (Å²) in [6.45, 7) is 2.34. The van der Waals surface area contributed by atoms with Crippen LogP contribution in [0.5, 0.6) is 5.75 Å². The molecule has 0 aliphatic rings. The van der Waals surface area contributed by atoms with E-state index in [9.17, 15) is 4.79 Å². The van der Waals surface area contributed by atoms with E-state index < -0.39 is 6.10 Å². The van der Waals surface area contributed by atoms with Gasteiger partial charge in [0, 0.05) is 18.1 Å². The SMILES string of the molecule is C[C@H](Oc1ccccc1Cl)C(=O)NCCSCc1ccccc1. The molecular weight excluding hydrogens is 330 g/mol. The third-order valence-corrected chi connectivity index (χ3v) is 4.51. The van der Waals surface area contributed by atoms with Gasteiger partial charge in [-0.05, 0) is 24.6 Å². The monoisotopic (exact) mass is 349 g/mol. The van der Waals surface area contributed by atoms with Gasteiger partial charge in [0.2, 0.25) is 0 Å². The molecule has 0 aromatic heterocycles. The summed E-state index contributed by atoms with van der Waals surface area (Å²) in [6, 6.07) is 17.4. The molecule has 1 atom stereocenters. The van der Waals surface area contributed by atoms with Crippen LogP contribution in [0.4, 0.5) is 0 Å². The highest BCUT2D eigenvalue weighted by Gasteiger charge is 2.15. The molecule has 2 aromatic carbocycles. The number of hydrogen-bond acceptors (Lipinski definition) is 3. The zero-order chi connectivity index (χ0) is 16.5. The number of carbonyl (C=O) groups excluding carboxylic acids is 1. The average molecular weight is 350 g/mol. The molecule has 0 heterocycles. The van der Waals surface area contributed by atoms with Gasteiger partial charge in [0.25, 0.3) is 5.91 Å². The fourth-order valence-electron chi connectivity index (χ4n) is 1.94. The van der Waals surface area contributed by atoms with Crippen LogP contribution in [0.3, 0.4) is 0 Å². The number of ether oxygens (including phenoxy) is 1. The van der Waals surface area contributed by atoms with Gasteiger partial charge in [0.1, 0.15) is 5.75 Å². The van der Waals surface area contributed by atoms with E-state index in [2.05, 4.69) is 17.4 Å². The van der Waals surface area contributed by atoms with Crippen molar-refractivity contribution < 1.29 is 9.53 Å². The Morgan fingerprint density at radius 2 is 1.87 bits per heavy atom. The van der Waals surface area contributed by atoms with Crippen LogP contribution in [0, 0.1) is 0 Å². The van der Waals surface area contributed by atoms with Crippen molar-refractivity contribution in [2.24, 2.45) is 0 Å². The third-order valence-electron chi connectivity index (χ3n) is 3.17. The van der Waals surface area contributed by atoms with Crippen LogP contribution in [0.2, 0.25) is 5.02 Å². The standard InChI is InChI=1S/C18H20ClNO2S/c1-14(22-17-10-6-5-9-16(17)19)18(21)20-11-12-23-13-15-7-3-2-4-8-15/h2-10,14H,11-13H2,1H3,(H,20,21)/t14-/m0/s1. The maximum Gasteiger partial charge on any atom is 0.260 e. The van der Waals surface area contributed by atoms with Gasteiger partial charge in [-0.3, -0.25) is 4.79 Å². The summed E-state index contributed by atoms with van der Waals surface area (Å²) in [5.41, 5.74) is 1.29. The first-order valence-corrected chi connectivity index (χ1v) is 9.00. The second-order valence-electron chi connectivity index (χ2n) is 5.02. The largest absolute Gasteiger partial charge is 0.479 e. The molecule has 0 bridgehead atoms. The topological polar surface area (TPSA) is 38.3 Å². The Hall–Kier alpha value is -1.65. The van der Waals surface area contributed by atoms with E-state index in [0.29, 0.717) is 17.3 Å². The van der Waals surface area contributed by atoms with Crippen molar-refractivity contribution in [3.05, 3.63) is 65.2 Å². The first kappa shape index (κ1) is 17.7. The highest BCUT2D eigenvalue weighted by Crippen LogP contribution is 2.24. The van der Waals surface area contributed by atoms with E-state index in [1.54, 1.807) is 30.8 Å². The molecule has 23 heavy (non-hydrogen) atoms. The zero-order valence-electron chi connectivity index (χ0n) is 13.0. The van der Waals surface area contributed by atoms with Gasteiger partial charge >= 0.3 is 0 Å². The van der Waals surface area contributed by atoms with Crippen molar-refractivity contribution in [1.82, 2.24) is 5.32 Å². The molecule has 0 saturated carbocycles. The molecule has 0 aliphatic heterocycles. The summed E-state index contributed by atoms with van der Waals surface area (Å²) in [7, 11) is 0. The van der Waals surface area contributed by atoms with Crippen molar-refractivity contribution in [1.29, 1.82) is 0 Å². The molecular formula is C18H20ClNO2S. The van der Waals surface area contributed by atoms with Gasteiger partial charge in [0.15, 0.2) is 6.10 Å². The Bertz CT molecular complexity index is 621. The van der Waals surface area contributed by atoms with Gasteiger partial charge in [-0.2, -0.15) is 11.8 Å². The number of benzene rings is 2. The molecule has 0 unspecified atom stereocenters. The lowest BCUT2D eigenvalue weighted by molar-refractivity contribution is -0.127. The van der Waals surface area contributed by atoms with Gasteiger partial charge in [-0.15, -0.1) is 0 Å². The minimum absolute atomic E-state index is 0.134. The van der Waals surface area contributed by atoms with Crippen molar-refractivity contribution in [2.75, 3.05) is 12.3 Å². The molecule has 0 spiro atoms. The molecule has 1 amide bonds. The van der Waals surface area contributed by atoms with E-state index in [-0.39, 0.29) is 5.91 Å². The van der Waals surface area contributed by atoms with E-state index >= 15 is 0 Å². The van der Waals surface area contributed by atoms with Crippen molar-refractivity contribution in [3.63, 3.8) is 0 Å². The summed E-state index contributed by atoms with van der Waals surface area (Å²) in [6.07, 6.45) is -0.575. The van der Waals surface area contributed by atoms with E-state index in [1.165, 1.54) is 5.56 Å². The molecule has 0 radical (unpaired) electrons. The van der Waals surface area contributed by atoms with Gasteiger partial charge in [-0.1, -0.05) is 54.1 Å². The number of para-hydroxylation sites is 1. The number of rotatable bonds is 8. The number of nitrogens with one attached hydrogen (secondary N) is 1. The van der Waals surface area contributed by atoms with Crippen LogP contribution < -0.4 is 10.1 Å². The first-order chi connectivity index (χ1) is 11.2. The van der Waals surface area contributed by atoms with Gasteiger partial charge in [-0.25, -0.2) is 0 Å². The van der Waals surface area contributed by atoms with Crippen LogP contribution in [0.15, 0.2) is 54.6 Å². The number of halogens is 1. The summed E-state index contributed by atoms with van der Waals surface area (Å²) < 4.78 is 5.58. The Morgan fingerprint density at radius 1 is 1.17 bits per heavy atom. The summed E-state index contributed by atoms with van der Waals surface area (Å²) in [5, 5.41) is 3.39. The van der Waals surface area contributed by atoms with Crippen LogP contribution in [0.1, 0.15) is 12.5 Å². The molecule has 0 fully saturated rings. The molecule has 0 aliphatic carbocycles. The van der Waals surface area contributed by atoms with Crippen molar-refractivity contribution >= 4 is 29.3 Å². The lowest BCUT2D eigenvalue weighted by atomic mass is 10.2. The summed E-state index contributed by atoms with van der Waals surface area (Å²) in [5.74, 6) is 2.20. The van der Waals surface area contributed by atoms with E-state index in [1.807, 2.05) is 30.3 Å². The lowest BCUT2D eigenvalue weighted by Crippen LogP contribution is -2.37. The predicted octanol–water partition coefficient (Wildman–Crippen LogP) is 4.16. The normalized spacial score (nSPS) is 11.7.